The van der Waals surface area contributed by atoms with Crippen LogP contribution in [0, 0.1) is 10.1 Å². The van der Waals surface area contributed by atoms with Gasteiger partial charge in [0.25, 0.3) is 5.70 Å². The van der Waals surface area contributed by atoms with Gasteiger partial charge in [-0.1, -0.05) is 11.6 Å². The zero-order valence-electron chi connectivity index (χ0n) is 8.48. The van der Waals surface area contributed by atoms with Crippen molar-refractivity contribution >= 4 is 17.3 Å². The predicted molar refractivity (Wildman–Crippen MR) is 48.2 cm³/mol. The summed E-state index contributed by atoms with van der Waals surface area (Å²) in [6.07, 6.45) is 2.65. The SMILES string of the molecule is [Cl-].[Cl-].[N-]=[N+]=C1CC=C([N+](=O)[O-])C=C1OCCl.[Zn+2]. The molecule has 0 fully saturated rings. The second-order valence-corrected chi connectivity index (χ2v) is 2.62. The smallest absolute Gasteiger partial charge is 1.00 e. The first kappa shape index (κ1) is 21.8. The number of ether oxygens (including phenoxy) is 1. The Morgan fingerprint density at radius 2 is 2.18 bits per heavy atom. The number of halogens is 3. The normalized spacial score (nSPS) is 12.6. The van der Waals surface area contributed by atoms with Gasteiger partial charge in [0, 0.05) is 6.08 Å². The van der Waals surface area contributed by atoms with Crippen LogP contribution in [0.15, 0.2) is 23.6 Å². The molecule has 0 aromatic heterocycles. The zero-order chi connectivity index (χ0) is 10.6. The van der Waals surface area contributed by atoms with Gasteiger partial charge in [0.15, 0.2) is 6.07 Å². The third-order valence-electron chi connectivity index (χ3n) is 1.61. The summed E-state index contributed by atoms with van der Waals surface area (Å²) in [5, 5.41) is 10.4. The van der Waals surface area contributed by atoms with E-state index >= 15 is 0 Å². The number of nitrogens with zero attached hydrogens (tertiary/aromatic N) is 3. The first-order valence-electron chi connectivity index (χ1n) is 3.65. The molecule has 0 saturated heterocycles. The molecule has 17 heavy (non-hydrogen) atoms. The van der Waals surface area contributed by atoms with Gasteiger partial charge in [0.2, 0.25) is 5.76 Å². The van der Waals surface area contributed by atoms with Crippen LogP contribution in [0.5, 0.6) is 0 Å². The largest absolute Gasteiger partial charge is 2.00 e. The molecule has 0 amide bonds. The quantitative estimate of drug-likeness (QED) is 0.128. The van der Waals surface area contributed by atoms with Gasteiger partial charge in [0.05, 0.1) is 17.4 Å². The standard InChI is InChI=1S/C7H6ClN3O3.2ClH.Zn/c8-4-14-7-3-5(11(12)13)1-2-6(7)10-9;;;/h1,3H,2,4H2;2*1H;/q;;;+2/p-2. The number of rotatable bonds is 3. The van der Waals surface area contributed by atoms with Gasteiger partial charge in [-0.15, -0.1) is 0 Å². The van der Waals surface area contributed by atoms with Crippen LogP contribution in [0.2, 0.25) is 0 Å². The minimum Gasteiger partial charge on any atom is -1.00 e. The monoisotopic (exact) mass is 349 g/mol. The summed E-state index contributed by atoms with van der Waals surface area (Å²) < 4.78 is 4.86. The van der Waals surface area contributed by atoms with Crippen molar-refractivity contribution in [1.29, 1.82) is 0 Å². The number of nitro groups is 1. The molecule has 0 aromatic rings. The molecule has 0 radical (unpaired) electrons. The van der Waals surface area contributed by atoms with E-state index in [-0.39, 0.29) is 73.9 Å². The van der Waals surface area contributed by atoms with E-state index in [0.29, 0.717) is 0 Å². The van der Waals surface area contributed by atoms with Gasteiger partial charge in [-0.3, -0.25) is 10.1 Å². The summed E-state index contributed by atoms with van der Waals surface area (Å²) in [4.78, 5) is 12.8. The Morgan fingerprint density at radius 3 is 2.59 bits per heavy atom. The molecule has 1 rings (SSSR count). The van der Waals surface area contributed by atoms with E-state index in [2.05, 4.69) is 4.79 Å². The van der Waals surface area contributed by atoms with E-state index in [1.165, 1.54) is 12.2 Å². The molecule has 0 aliphatic heterocycles. The molecule has 1 aliphatic carbocycles. The molecular formula is C7H6Cl3N3O3Zn. The second kappa shape index (κ2) is 10.7. The second-order valence-electron chi connectivity index (χ2n) is 2.40. The maximum absolute atomic E-state index is 10.4. The first-order valence-corrected chi connectivity index (χ1v) is 4.18. The van der Waals surface area contributed by atoms with Gasteiger partial charge in [0.1, 0.15) is 0 Å². The van der Waals surface area contributed by atoms with Gasteiger partial charge in [-0.25, -0.2) is 0 Å². The van der Waals surface area contributed by atoms with Gasteiger partial charge in [-0.2, -0.15) is 4.79 Å². The molecular weight excluding hydrogens is 346 g/mol. The number of allylic oxidation sites excluding steroid dienone is 3. The predicted octanol–water partition coefficient (Wildman–Crippen LogP) is -4.68. The van der Waals surface area contributed by atoms with Crippen molar-refractivity contribution in [1.82, 2.24) is 0 Å². The molecule has 10 heteroatoms. The zero-order valence-corrected chi connectivity index (χ0v) is 13.7. The Hall–Kier alpha value is -0.447. The maximum Gasteiger partial charge on any atom is 2.00 e. The van der Waals surface area contributed by atoms with E-state index in [1.54, 1.807) is 0 Å². The van der Waals surface area contributed by atoms with Crippen molar-refractivity contribution < 1.29 is 58.7 Å². The Kier molecular flexibility index (Phi) is 13.7. The summed E-state index contributed by atoms with van der Waals surface area (Å²) >= 11 is 5.30. The Labute approximate surface area is 127 Å². The van der Waals surface area contributed by atoms with Gasteiger partial charge in [-0.05, 0) is 0 Å². The average Bonchev–Trinajstić information content (AvgIpc) is 2.18. The van der Waals surface area contributed by atoms with E-state index in [0.717, 1.165) is 0 Å². The van der Waals surface area contributed by atoms with Crippen LogP contribution in [0.3, 0.4) is 0 Å². The third kappa shape index (κ3) is 6.15. The molecule has 0 atom stereocenters. The number of hydrogen-bond donors (Lipinski definition) is 0. The van der Waals surface area contributed by atoms with Crippen LogP contribution < -0.4 is 24.8 Å². The fourth-order valence-electron chi connectivity index (χ4n) is 0.979. The minimum absolute atomic E-state index is 0. The maximum atomic E-state index is 10.4. The van der Waals surface area contributed by atoms with Crippen LogP contribution in [-0.4, -0.2) is 21.5 Å². The molecule has 0 spiro atoms. The van der Waals surface area contributed by atoms with E-state index in [1.807, 2.05) is 0 Å². The van der Waals surface area contributed by atoms with E-state index in [9.17, 15) is 10.1 Å². The average molecular weight is 352 g/mol. The van der Waals surface area contributed by atoms with Crippen LogP contribution in [-0.2, 0) is 24.2 Å². The molecule has 1 aliphatic rings. The molecule has 90 valence electrons. The van der Waals surface area contributed by atoms with Crippen molar-refractivity contribution in [3.63, 3.8) is 0 Å². The number of hydrogen-bond acceptors (Lipinski definition) is 3. The molecule has 0 unspecified atom stereocenters. The fraction of sp³-hybridized carbons (Fsp3) is 0.286. The van der Waals surface area contributed by atoms with E-state index in [4.69, 9.17) is 21.9 Å². The first-order chi connectivity index (χ1) is 6.69. The number of alkyl halides is 1. The van der Waals surface area contributed by atoms with Crippen LogP contribution in [0.25, 0.3) is 5.53 Å². The Balaban J connectivity index is -0.000000653. The van der Waals surface area contributed by atoms with Crippen molar-refractivity contribution in [3.05, 3.63) is 39.3 Å². The minimum atomic E-state index is -0.550. The van der Waals surface area contributed by atoms with Crippen molar-refractivity contribution in [2.45, 2.75) is 6.42 Å². The van der Waals surface area contributed by atoms with E-state index < -0.39 is 4.92 Å². The molecule has 0 aromatic carbocycles. The van der Waals surface area contributed by atoms with Crippen molar-refractivity contribution in [2.24, 2.45) is 0 Å². The summed E-state index contributed by atoms with van der Waals surface area (Å²) in [5.74, 6) is 0.122. The Morgan fingerprint density at radius 1 is 1.59 bits per heavy atom. The molecule has 0 bridgehead atoms. The molecule has 0 heterocycles. The third-order valence-corrected chi connectivity index (χ3v) is 1.72. The molecule has 0 saturated carbocycles. The molecule has 6 nitrogen and oxygen atoms in total. The van der Waals surface area contributed by atoms with Crippen molar-refractivity contribution in [3.8, 4) is 0 Å². The van der Waals surface area contributed by atoms with Gasteiger partial charge >= 0.3 is 25.2 Å². The van der Waals surface area contributed by atoms with Crippen LogP contribution in [0.4, 0.5) is 0 Å². The van der Waals surface area contributed by atoms with Crippen LogP contribution >= 0.6 is 11.6 Å². The Bertz CT molecular complexity index is 380. The fourth-order valence-corrected chi connectivity index (χ4v) is 1.10. The summed E-state index contributed by atoms with van der Waals surface area (Å²) in [6.45, 7) is 0. The molecule has 0 N–H and O–H groups in total. The topological polar surface area (TPSA) is 88.8 Å². The summed E-state index contributed by atoms with van der Waals surface area (Å²) in [7, 11) is 0. The van der Waals surface area contributed by atoms with Gasteiger partial charge < -0.3 is 35.1 Å². The van der Waals surface area contributed by atoms with Crippen molar-refractivity contribution in [2.75, 3.05) is 6.07 Å². The summed E-state index contributed by atoms with van der Waals surface area (Å²) in [6, 6.07) is -0.157. The van der Waals surface area contributed by atoms with Crippen LogP contribution in [0.1, 0.15) is 6.42 Å². The summed E-state index contributed by atoms with van der Waals surface area (Å²) in [5.41, 5.74) is 8.66.